The summed E-state index contributed by atoms with van der Waals surface area (Å²) in [6, 6.07) is 11.9. The zero-order valence-corrected chi connectivity index (χ0v) is 11.4. The lowest BCUT2D eigenvalue weighted by Crippen LogP contribution is -2.31. The van der Waals surface area contributed by atoms with Crippen molar-refractivity contribution in [1.29, 1.82) is 5.26 Å². The fraction of sp³-hybridized carbons (Fsp3) is 0.250. The summed E-state index contributed by atoms with van der Waals surface area (Å²) >= 11 is 0. The molecular weight excluding hydrogens is 248 g/mol. The van der Waals surface area contributed by atoms with Gasteiger partial charge < -0.3 is 10.6 Å². The van der Waals surface area contributed by atoms with Gasteiger partial charge in [0.1, 0.15) is 5.82 Å². The number of anilines is 2. The molecule has 1 aromatic heterocycles. The van der Waals surface area contributed by atoms with E-state index in [2.05, 4.69) is 22.0 Å². The maximum Gasteiger partial charge on any atom is 0.130 e. The topological polar surface area (TPSA) is 65.9 Å². The quantitative estimate of drug-likeness (QED) is 0.803. The molecule has 0 amide bonds. The number of benzene rings is 1. The van der Waals surface area contributed by atoms with E-state index in [9.17, 15) is 0 Å². The molecule has 0 saturated heterocycles. The summed E-state index contributed by atoms with van der Waals surface area (Å²) in [4.78, 5) is 6.75. The number of nitrogen functional groups attached to an aromatic ring is 1. The number of nitrogens with two attached hydrogens (primary N) is 1. The average molecular weight is 264 g/mol. The molecule has 0 bridgehead atoms. The van der Waals surface area contributed by atoms with Crippen molar-refractivity contribution >= 4 is 11.5 Å². The zero-order valence-electron chi connectivity index (χ0n) is 11.4. The fourth-order valence-corrected chi connectivity index (χ4v) is 2.65. The molecule has 4 nitrogen and oxygen atoms in total. The van der Waals surface area contributed by atoms with Gasteiger partial charge in [-0.3, -0.25) is 0 Å². The van der Waals surface area contributed by atoms with Crippen molar-refractivity contribution in [2.45, 2.75) is 19.9 Å². The van der Waals surface area contributed by atoms with Crippen molar-refractivity contribution in [3.63, 3.8) is 0 Å². The highest BCUT2D eigenvalue weighted by Gasteiger charge is 2.18. The number of aromatic nitrogens is 1. The van der Waals surface area contributed by atoms with Crippen molar-refractivity contribution < 1.29 is 0 Å². The van der Waals surface area contributed by atoms with Gasteiger partial charge in [-0.2, -0.15) is 5.26 Å². The third-order valence-corrected chi connectivity index (χ3v) is 3.64. The molecule has 0 saturated carbocycles. The predicted molar refractivity (Wildman–Crippen MR) is 79.3 cm³/mol. The summed E-state index contributed by atoms with van der Waals surface area (Å²) in [6.07, 6.45) is 0.979. The standard InChI is InChI=1S/C16H16N4/c1-11-6-12(9-17)7-16(19-11)20-5-4-13-2-3-15(18)8-14(13)10-20/h2-3,6-8H,4-5,10,18H2,1H3. The van der Waals surface area contributed by atoms with Gasteiger partial charge in [0, 0.05) is 24.5 Å². The number of hydrogen-bond donors (Lipinski definition) is 1. The molecular formula is C16H16N4. The predicted octanol–water partition coefficient (Wildman–Crippen LogP) is 2.41. The van der Waals surface area contributed by atoms with Gasteiger partial charge in [-0.05, 0) is 48.7 Å². The van der Waals surface area contributed by atoms with Crippen molar-refractivity contribution in [1.82, 2.24) is 4.98 Å². The number of aryl methyl sites for hydroxylation is 1. The second kappa shape index (κ2) is 4.86. The summed E-state index contributed by atoms with van der Waals surface area (Å²) in [5.41, 5.74) is 10.8. The maximum absolute atomic E-state index is 9.07. The smallest absolute Gasteiger partial charge is 0.130 e. The van der Waals surface area contributed by atoms with Gasteiger partial charge in [-0.15, -0.1) is 0 Å². The summed E-state index contributed by atoms with van der Waals surface area (Å²) in [5.74, 6) is 0.870. The van der Waals surface area contributed by atoms with Crippen LogP contribution in [0.15, 0.2) is 30.3 Å². The summed E-state index contributed by atoms with van der Waals surface area (Å²) in [5, 5.41) is 9.07. The van der Waals surface area contributed by atoms with Crippen LogP contribution in [0.5, 0.6) is 0 Å². The Balaban J connectivity index is 1.94. The first-order valence-corrected chi connectivity index (χ1v) is 6.67. The maximum atomic E-state index is 9.07. The van der Waals surface area contributed by atoms with Gasteiger partial charge in [0.2, 0.25) is 0 Å². The Hall–Kier alpha value is -2.54. The molecule has 2 aromatic rings. The molecule has 0 atom stereocenters. The molecule has 1 aliphatic rings. The van der Waals surface area contributed by atoms with Crippen molar-refractivity contribution in [3.8, 4) is 6.07 Å². The minimum atomic E-state index is 0.658. The minimum absolute atomic E-state index is 0.658. The van der Waals surface area contributed by atoms with Gasteiger partial charge in [0.15, 0.2) is 0 Å². The van der Waals surface area contributed by atoms with E-state index in [-0.39, 0.29) is 0 Å². The summed E-state index contributed by atoms with van der Waals surface area (Å²) in [7, 11) is 0. The first-order valence-electron chi connectivity index (χ1n) is 6.67. The van der Waals surface area contributed by atoms with Crippen LogP contribution in [0.1, 0.15) is 22.4 Å². The number of hydrogen-bond acceptors (Lipinski definition) is 4. The second-order valence-corrected chi connectivity index (χ2v) is 5.17. The average Bonchev–Trinajstić information content (AvgIpc) is 2.45. The lowest BCUT2D eigenvalue weighted by Gasteiger charge is -2.30. The van der Waals surface area contributed by atoms with Gasteiger partial charge in [0.25, 0.3) is 0 Å². The lowest BCUT2D eigenvalue weighted by molar-refractivity contribution is 0.719. The third kappa shape index (κ3) is 2.30. The summed E-state index contributed by atoms with van der Waals surface area (Å²) < 4.78 is 0. The van der Waals surface area contributed by atoms with Crippen molar-refractivity contribution in [2.24, 2.45) is 0 Å². The molecule has 0 fully saturated rings. The third-order valence-electron chi connectivity index (χ3n) is 3.64. The highest BCUT2D eigenvalue weighted by molar-refractivity contribution is 5.52. The number of fused-ring (bicyclic) bond motifs is 1. The first-order chi connectivity index (χ1) is 9.65. The Bertz CT molecular complexity index is 700. The first kappa shape index (κ1) is 12.5. The molecule has 0 radical (unpaired) electrons. The Morgan fingerprint density at radius 3 is 2.90 bits per heavy atom. The molecule has 0 aliphatic carbocycles. The number of rotatable bonds is 1. The Kier molecular flexibility index (Phi) is 3.03. The Morgan fingerprint density at radius 1 is 1.25 bits per heavy atom. The number of pyridine rings is 1. The van der Waals surface area contributed by atoms with Crippen LogP contribution in [-0.4, -0.2) is 11.5 Å². The van der Waals surface area contributed by atoms with Crippen molar-refractivity contribution in [3.05, 3.63) is 52.7 Å². The van der Waals surface area contributed by atoms with Gasteiger partial charge in [0.05, 0.1) is 11.6 Å². The van der Waals surface area contributed by atoms with E-state index in [0.29, 0.717) is 5.56 Å². The molecule has 3 rings (SSSR count). The molecule has 20 heavy (non-hydrogen) atoms. The van der Waals surface area contributed by atoms with Crippen LogP contribution in [0.4, 0.5) is 11.5 Å². The second-order valence-electron chi connectivity index (χ2n) is 5.17. The minimum Gasteiger partial charge on any atom is -0.399 e. The van der Waals surface area contributed by atoms with Crippen LogP contribution < -0.4 is 10.6 Å². The Morgan fingerprint density at radius 2 is 2.10 bits per heavy atom. The number of nitriles is 1. The van der Waals surface area contributed by atoms with Gasteiger partial charge in [-0.1, -0.05) is 6.07 Å². The fourth-order valence-electron chi connectivity index (χ4n) is 2.65. The highest BCUT2D eigenvalue weighted by Crippen LogP contribution is 2.25. The van der Waals surface area contributed by atoms with Crippen LogP contribution >= 0.6 is 0 Å². The molecule has 1 aromatic carbocycles. The zero-order chi connectivity index (χ0) is 14.1. The lowest BCUT2D eigenvalue weighted by atomic mass is 9.99. The van der Waals surface area contributed by atoms with Crippen LogP contribution in [0.3, 0.4) is 0 Å². The molecule has 2 heterocycles. The monoisotopic (exact) mass is 264 g/mol. The summed E-state index contributed by atoms with van der Waals surface area (Å²) in [6.45, 7) is 3.63. The molecule has 100 valence electrons. The number of nitrogens with zero attached hydrogens (tertiary/aromatic N) is 3. The van der Waals surface area contributed by atoms with Gasteiger partial charge in [-0.25, -0.2) is 4.98 Å². The van der Waals surface area contributed by atoms with E-state index in [4.69, 9.17) is 11.0 Å². The highest BCUT2D eigenvalue weighted by atomic mass is 15.2. The molecule has 0 unspecified atom stereocenters. The van der Waals surface area contributed by atoms with Crippen LogP contribution in [0.25, 0.3) is 0 Å². The van der Waals surface area contributed by atoms with E-state index >= 15 is 0 Å². The van der Waals surface area contributed by atoms with Gasteiger partial charge >= 0.3 is 0 Å². The molecule has 1 aliphatic heterocycles. The van der Waals surface area contributed by atoms with E-state index < -0.39 is 0 Å². The van der Waals surface area contributed by atoms with Crippen LogP contribution in [0, 0.1) is 18.3 Å². The van der Waals surface area contributed by atoms with Crippen molar-refractivity contribution in [2.75, 3.05) is 17.2 Å². The van der Waals surface area contributed by atoms with E-state index in [1.54, 1.807) is 6.07 Å². The van der Waals surface area contributed by atoms with E-state index in [1.165, 1.54) is 11.1 Å². The molecule has 4 heteroatoms. The van der Waals surface area contributed by atoms with E-state index in [1.807, 2.05) is 25.1 Å². The Labute approximate surface area is 118 Å². The molecule has 2 N–H and O–H groups in total. The van der Waals surface area contributed by atoms with E-state index in [0.717, 1.165) is 36.7 Å². The SMILES string of the molecule is Cc1cc(C#N)cc(N2CCc3ccc(N)cc3C2)n1. The van der Waals surface area contributed by atoms with Crippen LogP contribution in [-0.2, 0) is 13.0 Å². The normalized spacial score (nSPS) is 13.7. The van der Waals surface area contributed by atoms with Crippen LogP contribution in [0.2, 0.25) is 0 Å². The molecule has 0 spiro atoms. The largest absolute Gasteiger partial charge is 0.399 e.